The van der Waals surface area contributed by atoms with Gasteiger partial charge in [0.05, 0.1) is 12.1 Å². The fraction of sp³-hybridized carbons (Fsp3) is 0.538. The summed E-state index contributed by atoms with van der Waals surface area (Å²) < 4.78 is 0. The fourth-order valence-corrected chi connectivity index (χ4v) is 8.00. The van der Waals surface area contributed by atoms with Crippen molar-refractivity contribution in [1.82, 2.24) is 0 Å². The van der Waals surface area contributed by atoms with Crippen molar-refractivity contribution in [1.29, 1.82) is 0 Å². The first kappa shape index (κ1) is 16.2. The molecule has 5 aliphatic rings. The topological polar surface area (TPSA) is 3.24 Å². The van der Waals surface area contributed by atoms with Crippen LogP contribution in [0.2, 0.25) is 0 Å². The van der Waals surface area contributed by atoms with Gasteiger partial charge >= 0.3 is 0 Å². The molecule has 0 saturated heterocycles. The van der Waals surface area contributed by atoms with Crippen LogP contribution in [0, 0.1) is 30.1 Å². The van der Waals surface area contributed by atoms with E-state index in [-0.39, 0.29) is 0 Å². The quantitative estimate of drug-likeness (QED) is 0.569. The Morgan fingerprint density at radius 1 is 0.778 bits per heavy atom. The van der Waals surface area contributed by atoms with Crippen molar-refractivity contribution in [2.75, 3.05) is 4.90 Å². The highest BCUT2D eigenvalue weighted by Crippen LogP contribution is 2.68. The third-order valence-corrected chi connectivity index (χ3v) is 8.50. The highest BCUT2D eigenvalue weighted by Gasteiger charge is 2.58. The number of rotatable bonds is 2. The van der Waals surface area contributed by atoms with Gasteiger partial charge in [-0.2, -0.15) is 0 Å². The first-order valence-electron chi connectivity index (χ1n) is 11.1. The Kier molecular flexibility index (Phi) is 3.38. The molecule has 4 fully saturated rings. The van der Waals surface area contributed by atoms with E-state index in [0.29, 0.717) is 17.5 Å². The summed E-state index contributed by atoms with van der Waals surface area (Å²) in [4.78, 5) is 2.83. The van der Waals surface area contributed by atoms with E-state index in [4.69, 9.17) is 0 Å². The summed E-state index contributed by atoms with van der Waals surface area (Å²) in [7, 11) is 0. The molecule has 0 spiro atoms. The molecule has 1 aliphatic heterocycles. The summed E-state index contributed by atoms with van der Waals surface area (Å²) in [5.41, 5.74) is 6.59. The second-order valence-electron chi connectivity index (χ2n) is 10.2. The van der Waals surface area contributed by atoms with Gasteiger partial charge in [-0.25, -0.2) is 0 Å². The first-order valence-corrected chi connectivity index (χ1v) is 11.1. The third-order valence-electron chi connectivity index (χ3n) is 8.50. The molecule has 4 aliphatic carbocycles. The van der Waals surface area contributed by atoms with Gasteiger partial charge in [0, 0.05) is 5.69 Å². The van der Waals surface area contributed by atoms with Crippen molar-refractivity contribution in [3.8, 4) is 0 Å². The van der Waals surface area contributed by atoms with Gasteiger partial charge in [-0.15, -0.1) is 0 Å². The van der Waals surface area contributed by atoms with Crippen LogP contribution in [0.15, 0.2) is 48.5 Å². The lowest BCUT2D eigenvalue weighted by Crippen LogP contribution is -2.51. The summed E-state index contributed by atoms with van der Waals surface area (Å²) in [5.74, 6) is 2.99. The predicted molar refractivity (Wildman–Crippen MR) is 112 cm³/mol. The van der Waals surface area contributed by atoms with Crippen molar-refractivity contribution in [3.05, 3.63) is 65.2 Å². The van der Waals surface area contributed by atoms with Gasteiger partial charge in [-0.1, -0.05) is 42.5 Å². The summed E-state index contributed by atoms with van der Waals surface area (Å²) in [6.07, 6.45) is 8.96. The number of hydrogen-bond donors (Lipinski definition) is 0. The maximum Gasteiger partial charge on any atom is 0.0608 e. The molecule has 0 amide bonds. The normalized spacial score (nSPS) is 39.0. The number of nitrogens with zero attached hydrogens (tertiary/aromatic N) is 1. The molecule has 7 rings (SSSR count). The summed E-state index contributed by atoms with van der Waals surface area (Å²) in [5, 5.41) is 0. The van der Waals surface area contributed by atoms with Crippen LogP contribution in [0.5, 0.6) is 0 Å². The van der Waals surface area contributed by atoms with Crippen LogP contribution in [0.1, 0.15) is 74.2 Å². The second-order valence-corrected chi connectivity index (χ2v) is 10.2. The molecule has 0 aromatic heterocycles. The number of benzene rings is 2. The van der Waals surface area contributed by atoms with Crippen molar-refractivity contribution >= 4 is 5.69 Å². The van der Waals surface area contributed by atoms with E-state index in [9.17, 15) is 0 Å². The highest BCUT2D eigenvalue weighted by molar-refractivity contribution is 5.61. The minimum atomic E-state index is 0.473. The van der Waals surface area contributed by atoms with Gasteiger partial charge in [0.2, 0.25) is 0 Å². The molecular formula is C26H31N. The molecule has 4 saturated carbocycles. The number of hydrogen-bond acceptors (Lipinski definition) is 1. The Morgan fingerprint density at radius 2 is 1.33 bits per heavy atom. The molecule has 2 aromatic rings. The van der Waals surface area contributed by atoms with E-state index in [2.05, 4.69) is 67.3 Å². The molecule has 0 radical (unpaired) electrons. The monoisotopic (exact) mass is 357 g/mol. The smallest absolute Gasteiger partial charge is 0.0608 e. The van der Waals surface area contributed by atoms with E-state index >= 15 is 0 Å². The Morgan fingerprint density at radius 3 is 1.96 bits per heavy atom. The standard InChI is InChI=1S/C26H31N/c1-17-7-3-6-10-24(17)27-18(2)22-8-4-5-9-23(22)25(27)26-14-19-11-20(15-26)13-21(12-19)16-26/h3-10,18-21,25H,11-16H2,1-2H3/t18-,19?,20?,21?,25?,26?/m0/s1. The summed E-state index contributed by atoms with van der Waals surface area (Å²) in [6, 6.07) is 19.5. The maximum atomic E-state index is 2.83. The van der Waals surface area contributed by atoms with Crippen LogP contribution in [0.4, 0.5) is 5.69 Å². The molecule has 140 valence electrons. The molecule has 2 atom stereocenters. The van der Waals surface area contributed by atoms with Gasteiger partial charge in [-0.3, -0.25) is 0 Å². The minimum Gasteiger partial charge on any atom is -0.357 e. The SMILES string of the molecule is Cc1ccccc1N1C(C23CC4CC(CC(C4)C2)C3)c2ccccc2[C@@H]1C. The lowest BCUT2D eigenvalue weighted by Gasteiger charge is -2.60. The predicted octanol–water partition coefficient (Wildman–Crippen LogP) is 6.83. The Bertz CT molecular complexity index is 846. The van der Waals surface area contributed by atoms with E-state index in [1.807, 2.05) is 0 Å². The van der Waals surface area contributed by atoms with Crippen molar-refractivity contribution in [3.63, 3.8) is 0 Å². The number of fused-ring (bicyclic) bond motifs is 1. The van der Waals surface area contributed by atoms with Gasteiger partial charge in [-0.05, 0) is 98.3 Å². The first-order chi connectivity index (χ1) is 13.1. The Balaban J connectivity index is 1.53. The molecule has 27 heavy (non-hydrogen) atoms. The van der Waals surface area contributed by atoms with E-state index in [1.165, 1.54) is 49.8 Å². The molecule has 4 bridgehead atoms. The lowest BCUT2D eigenvalue weighted by atomic mass is 9.47. The number of aryl methyl sites for hydroxylation is 1. The maximum absolute atomic E-state index is 2.83. The highest BCUT2D eigenvalue weighted by atomic mass is 15.2. The average Bonchev–Trinajstić information content (AvgIpc) is 2.95. The van der Waals surface area contributed by atoms with Gasteiger partial charge in [0.15, 0.2) is 0 Å². The molecule has 1 nitrogen and oxygen atoms in total. The third kappa shape index (κ3) is 2.24. The van der Waals surface area contributed by atoms with Crippen LogP contribution in [0.25, 0.3) is 0 Å². The number of para-hydroxylation sites is 1. The lowest BCUT2D eigenvalue weighted by molar-refractivity contribution is -0.0683. The Hall–Kier alpha value is -1.76. The molecule has 0 N–H and O–H groups in total. The molecule has 1 unspecified atom stereocenters. The Labute approximate surface area is 163 Å². The fourth-order valence-electron chi connectivity index (χ4n) is 8.00. The largest absolute Gasteiger partial charge is 0.357 e. The van der Waals surface area contributed by atoms with Crippen LogP contribution in [-0.4, -0.2) is 0 Å². The molecule has 2 aromatic carbocycles. The van der Waals surface area contributed by atoms with Crippen LogP contribution in [0.3, 0.4) is 0 Å². The zero-order valence-corrected chi connectivity index (χ0v) is 16.7. The molecule has 1 heteroatoms. The molecular weight excluding hydrogens is 326 g/mol. The van der Waals surface area contributed by atoms with Gasteiger partial charge < -0.3 is 4.90 Å². The van der Waals surface area contributed by atoms with Gasteiger partial charge in [0.25, 0.3) is 0 Å². The van der Waals surface area contributed by atoms with Crippen molar-refractivity contribution in [2.45, 2.75) is 64.5 Å². The van der Waals surface area contributed by atoms with Gasteiger partial charge in [0.1, 0.15) is 0 Å². The summed E-state index contributed by atoms with van der Waals surface area (Å²) in [6.45, 7) is 4.73. The zero-order valence-electron chi connectivity index (χ0n) is 16.7. The minimum absolute atomic E-state index is 0.473. The second kappa shape index (κ2) is 5.63. The average molecular weight is 358 g/mol. The van der Waals surface area contributed by atoms with E-state index in [1.54, 1.807) is 11.1 Å². The van der Waals surface area contributed by atoms with E-state index in [0.717, 1.165) is 17.8 Å². The van der Waals surface area contributed by atoms with Crippen molar-refractivity contribution < 1.29 is 0 Å². The van der Waals surface area contributed by atoms with Crippen molar-refractivity contribution in [2.24, 2.45) is 23.2 Å². The van der Waals surface area contributed by atoms with Crippen LogP contribution < -0.4 is 4.90 Å². The van der Waals surface area contributed by atoms with Crippen LogP contribution >= 0.6 is 0 Å². The number of anilines is 1. The molecule has 1 heterocycles. The summed E-state index contributed by atoms with van der Waals surface area (Å²) >= 11 is 0. The van der Waals surface area contributed by atoms with E-state index < -0.39 is 0 Å². The van der Waals surface area contributed by atoms with Crippen LogP contribution in [-0.2, 0) is 0 Å². The zero-order chi connectivity index (χ0) is 18.2.